The number of hydrogen-bond acceptors (Lipinski definition) is 5. The van der Waals surface area contributed by atoms with Gasteiger partial charge in [0.2, 0.25) is 5.78 Å². The Morgan fingerprint density at radius 2 is 1.69 bits per heavy atom. The molecule has 0 aliphatic rings. The highest BCUT2D eigenvalue weighted by Crippen LogP contribution is 2.31. The van der Waals surface area contributed by atoms with Crippen LogP contribution in [0.2, 0.25) is 0 Å². The Balaban J connectivity index is 1.80. The molecule has 0 saturated carbocycles. The number of methoxy groups -OCH3 is 2. The van der Waals surface area contributed by atoms with Crippen LogP contribution < -0.4 is 15.2 Å². The van der Waals surface area contributed by atoms with Gasteiger partial charge in [-0.1, -0.05) is 18.2 Å². The number of Topliss-reactive ketones (excluding diaryl/α,β-unsaturated/α-hetero) is 1. The number of nitrogens with zero attached hydrogens (tertiary/aromatic N) is 1. The Morgan fingerprint density at radius 3 is 2.34 bits per heavy atom. The van der Waals surface area contributed by atoms with Gasteiger partial charge in [0.15, 0.2) is 5.78 Å². The van der Waals surface area contributed by atoms with Crippen LogP contribution in [0.15, 0.2) is 66.9 Å². The van der Waals surface area contributed by atoms with Crippen LogP contribution in [-0.2, 0) is 6.42 Å². The lowest BCUT2D eigenvalue weighted by atomic mass is 10.0. The lowest BCUT2D eigenvalue weighted by molar-refractivity contribution is 0.0994. The molecule has 4 rings (SSSR count). The third kappa shape index (κ3) is 3.80. The predicted molar refractivity (Wildman–Crippen MR) is 119 cm³/mol. The van der Waals surface area contributed by atoms with Crippen molar-refractivity contribution in [2.75, 3.05) is 20.0 Å². The molecule has 2 heterocycles. The van der Waals surface area contributed by atoms with E-state index in [4.69, 9.17) is 15.2 Å². The van der Waals surface area contributed by atoms with E-state index < -0.39 is 11.6 Å². The van der Waals surface area contributed by atoms with E-state index in [1.807, 2.05) is 0 Å². The number of nitrogen functional groups attached to an aromatic ring is 1. The molecule has 162 valence electrons. The largest absolute Gasteiger partial charge is 0.497 e. The van der Waals surface area contributed by atoms with Gasteiger partial charge in [-0.2, -0.15) is 0 Å². The summed E-state index contributed by atoms with van der Waals surface area (Å²) in [5.74, 6) is -0.142. The van der Waals surface area contributed by atoms with E-state index >= 15 is 0 Å². The summed E-state index contributed by atoms with van der Waals surface area (Å²) in [5, 5.41) is 0. The zero-order valence-corrected chi connectivity index (χ0v) is 17.6. The van der Waals surface area contributed by atoms with E-state index in [2.05, 4.69) is 0 Å². The first kappa shape index (κ1) is 21.1. The molecule has 0 radical (unpaired) electrons. The molecule has 2 N–H and O–H groups in total. The highest BCUT2D eigenvalue weighted by atomic mass is 19.1. The second-order valence-corrected chi connectivity index (χ2v) is 7.25. The Kier molecular flexibility index (Phi) is 5.64. The minimum atomic E-state index is -0.529. The van der Waals surface area contributed by atoms with Crippen molar-refractivity contribution in [3.05, 3.63) is 95.1 Å². The molecule has 4 aromatic rings. The SMILES string of the molecule is COc1cc(CC(=O)c2c(N)c(C(=O)c3cccc(F)c3)n3ccccc23)cc(OC)c1. The number of halogens is 1. The van der Waals surface area contributed by atoms with Crippen molar-refractivity contribution in [2.24, 2.45) is 0 Å². The maximum atomic E-state index is 13.7. The number of anilines is 1. The summed E-state index contributed by atoms with van der Waals surface area (Å²) in [5.41, 5.74) is 8.11. The smallest absolute Gasteiger partial charge is 0.211 e. The number of pyridine rings is 1. The molecule has 0 amide bonds. The molecule has 0 unspecified atom stereocenters. The number of carbonyl (C=O) groups is 2. The first-order valence-corrected chi connectivity index (χ1v) is 9.87. The van der Waals surface area contributed by atoms with Gasteiger partial charge in [-0.15, -0.1) is 0 Å². The summed E-state index contributed by atoms with van der Waals surface area (Å²) < 4.78 is 25.8. The number of fused-ring (bicyclic) bond motifs is 1. The van der Waals surface area contributed by atoms with Gasteiger partial charge in [-0.3, -0.25) is 9.59 Å². The zero-order valence-electron chi connectivity index (χ0n) is 17.6. The summed E-state index contributed by atoms with van der Waals surface area (Å²) >= 11 is 0. The fourth-order valence-electron chi connectivity index (χ4n) is 3.76. The summed E-state index contributed by atoms with van der Waals surface area (Å²) in [6.07, 6.45) is 1.68. The Hall–Kier alpha value is -4.13. The zero-order chi connectivity index (χ0) is 22.8. The van der Waals surface area contributed by atoms with Crippen molar-refractivity contribution in [1.82, 2.24) is 4.40 Å². The van der Waals surface area contributed by atoms with Crippen LogP contribution in [-0.4, -0.2) is 30.2 Å². The average Bonchev–Trinajstić information content (AvgIpc) is 3.09. The second kappa shape index (κ2) is 8.55. The second-order valence-electron chi connectivity index (χ2n) is 7.25. The van der Waals surface area contributed by atoms with E-state index in [1.54, 1.807) is 47.0 Å². The molecule has 0 bridgehead atoms. The highest BCUT2D eigenvalue weighted by Gasteiger charge is 2.26. The number of benzene rings is 2. The van der Waals surface area contributed by atoms with Gasteiger partial charge in [0.1, 0.15) is 23.0 Å². The first-order valence-electron chi connectivity index (χ1n) is 9.87. The maximum Gasteiger partial charge on any atom is 0.211 e. The number of hydrogen-bond donors (Lipinski definition) is 1. The third-order valence-corrected chi connectivity index (χ3v) is 5.24. The van der Waals surface area contributed by atoms with E-state index in [1.165, 1.54) is 32.4 Å². The molecule has 2 aromatic carbocycles. The van der Waals surface area contributed by atoms with Crippen molar-refractivity contribution in [3.8, 4) is 11.5 Å². The molecule has 0 aliphatic heterocycles. The normalized spacial score (nSPS) is 10.8. The van der Waals surface area contributed by atoms with E-state index in [9.17, 15) is 14.0 Å². The molecule has 0 saturated heterocycles. The quantitative estimate of drug-likeness (QED) is 0.440. The molecule has 2 aromatic heterocycles. The summed E-state index contributed by atoms with van der Waals surface area (Å²) in [7, 11) is 3.06. The van der Waals surface area contributed by atoms with E-state index in [0.29, 0.717) is 22.6 Å². The number of carbonyl (C=O) groups excluding carboxylic acids is 2. The first-order chi connectivity index (χ1) is 15.4. The molecule has 0 atom stereocenters. The van der Waals surface area contributed by atoms with Crippen LogP contribution in [0.4, 0.5) is 10.1 Å². The fraction of sp³-hybridized carbons (Fsp3) is 0.120. The number of rotatable bonds is 7. The van der Waals surface area contributed by atoms with Gasteiger partial charge in [0.05, 0.1) is 31.0 Å². The van der Waals surface area contributed by atoms with Crippen molar-refractivity contribution >= 4 is 22.8 Å². The molecule has 6 nitrogen and oxygen atoms in total. The fourth-order valence-corrected chi connectivity index (χ4v) is 3.76. The molecule has 32 heavy (non-hydrogen) atoms. The molecule has 0 aliphatic carbocycles. The van der Waals surface area contributed by atoms with Gasteiger partial charge in [0, 0.05) is 24.2 Å². The highest BCUT2D eigenvalue weighted by molar-refractivity contribution is 6.18. The standard InChI is InChI=1S/C25H21FN2O4/c1-31-18-10-15(11-19(14-18)32-2)12-21(29)22-20-8-3-4-9-28(20)24(23(22)27)25(30)16-6-5-7-17(26)13-16/h3-11,13-14H,12,27H2,1-2H3. The molecule has 7 heteroatoms. The van der Waals surface area contributed by atoms with Gasteiger partial charge >= 0.3 is 0 Å². The summed E-state index contributed by atoms with van der Waals surface area (Å²) in [4.78, 5) is 26.5. The third-order valence-electron chi connectivity index (χ3n) is 5.24. The molecular weight excluding hydrogens is 411 g/mol. The van der Waals surface area contributed by atoms with Crippen molar-refractivity contribution in [2.45, 2.75) is 6.42 Å². The van der Waals surface area contributed by atoms with Crippen LogP contribution >= 0.6 is 0 Å². The van der Waals surface area contributed by atoms with Crippen molar-refractivity contribution in [1.29, 1.82) is 0 Å². The van der Waals surface area contributed by atoms with E-state index in [0.717, 1.165) is 6.07 Å². The Morgan fingerprint density at radius 1 is 0.969 bits per heavy atom. The van der Waals surface area contributed by atoms with Gasteiger partial charge < -0.3 is 19.6 Å². The van der Waals surface area contributed by atoms with Crippen LogP contribution in [0.5, 0.6) is 11.5 Å². The van der Waals surface area contributed by atoms with Crippen molar-refractivity contribution < 1.29 is 23.5 Å². The lowest BCUT2D eigenvalue weighted by Crippen LogP contribution is -2.10. The van der Waals surface area contributed by atoms with Crippen LogP contribution in [0.3, 0.4) is 0 Å². The maximum absolute atomic E-state index is 13.7. The van der Waals surface area contributed by atoms with Crippen LogP contribution in [0.1, 0.15) is 32.0 Å². The lowest BCUT2D eigenvalue weighted by Gasteiger charge is -2.08. The Labute approximate surface area is 184 Å². The molecule has 0 spiro atoms. The number of nitrogens with two attached hydrogens (primary N) is 1. The van der Waals surface area contributed by atoms with Gasteiger partial charge in [-0.25, -0.2) is 4.39 Å². The topological polar surface area (TPSA) is 83.0 Å². The minimum absolute atomic E-state index is 0.0277. The van der Waals surface area contributed by atoms with E-state index in [-0.39, 0.29) is 34.7 Å². The summed E-state index contributed by atoms with van der Waals surface area (Å²) in [6, 6.07) is 15.8. The number of ketones is 2. The molecule has 0 fully saturated rings. The van der Waals surface area contributed by atoms with Crippen molar-refractivity contribution in [3.63, 3.8) is 0 Å². The monoisotopic (exact) mass is 432 g/mol. The number of aromatic nitrogens is 1. The van der Waals surface area contributed by atoms with Crippen LogP contribution in [0, 0.1) is 5.82 Å². The molecular formula is C25H21FN2O4. The number of ether oxygens (including phenoxy) is 2. The Bertz CT molecular complexity index is 1320. The predicted octanol–water partition coefficient (Wildman–Crippen LogP) is 4.33. The minimum Gasteiger partial charge on any atom is -0.497 e. The van der Waals surface area contributed by atoms with Crippen LogP contribution in [0.25, 0.3) is 5.52 Å². The van der Waals surface area contributed by atoms with Gasteiger partial charge in [-0.05, 0) is 42.0 Å². The summed E-state index contributed by atoms with van der Waals surface area (Å²) in [6.45, 7) is 0. The van der Waals surface area contributed by atoms with Gasteiger partial charge in [0.25, 0.3) is 0 Å². The average molecular weight is 432 g/mol.